The number of sulfone groups is 1. The number of hydrogen-bond acceptors (Lipinski definition) is 5. The summed E-state index contributed by atoms with van der Waals surface area (Å²) in [5.74, 6) is 0.418. The lowest BCUT2D eigenvalue weighted by molar-refractivity contribution is 0.0929. The summed E-state index contributed by atoms with van der Waals surface area (Å²) in [5.41, 5.74) is 0.571. The number of likely N-dealkylation sites (tertiary alicyclic amines) is 1. The van der Waals surface area contributed by atoms with Gasteiger partial charge < -0.3 is 5.32 Å². The second kappa shape index (κ2) is 8.11. The topological polar surface area (TPSA) is 84.3 Å². The standard InChI is InChI=1S/C16H28N4O3S/c1-4-6-13-10-19(7-8-24(3,22)23)12-15(13)18-16(21)14-9-17-20(5-2)11-14/h9,11,13,15H,4-8,10,12H2,1-3H3,(H,18,21)/t13-,15-/m1/s1. The smallest absolute Gasteiger partial charge is 0.254 e. The van der Waals surface area contributed by atoms with Crippen molar-refractivity contribution < 1.29 is 13.2 Å². The van der Waals surface area contributed by atoms with Crippen LogP contribution in [-0.2, 0) is 16.4 Å². The molecule has 1 aromatic heterocycles. The van der Waals surface area contributed by atoms with Crippen molar-refractivity contribution in [1.82, 2.24) is 20.0 Å². The highest BCUT2D eigenvalue weighted by molar-refractivity contribution is 7.90. The minimum Gasteiger partial charge on any atom is -0.348 e. The molecule has 2 atom stereocenters. The van der Waals surface area contributed by atoms with Gasteiger partial charge in [0.2, 0.25) is 0 Å². The van der Waals surface area contributed by atoms with Crippen molar-refractivity contribution in [3.63, 3.8) is 0 Å². The van der Waals surface area contributed by atoms with Crippen LogP contribution in [0.5, 0.6) is 0 Å². The number of rotatable bonds is 8. The van der Waals surface area contributed by atoms with Gasteiger partial charge in [-0.05, 0) is 19.3 Å². The fourth-order valence-corrected chi connectivity index (χ4v) is 3.76. The van der Waals surface area contributed by atoms with Gasteiger partial charge in [-0.1, -0.05) is 13.3 Å². The second-order valence-electron chi connectivity index (χ2n) is 6.60. The van der Waals surface area contributed by atoms with Crippen LogP contribution in [0.2, 0.25) is 0 Å². The third-order valence-electron chi connectivity index (χ3n) is 4.49. The van der Waals surface area contributed by atoms with Gasteiger partial charge in [0, 0.05) is 44.7 Å². The highest BCUT2D eigenvalue weighted by Gasteiger charge is 2.33. The first kappa shape index (κ1) is 18.9. The maximum Gasteiger partial charge on any atom is 0.254 e. The van der Waals surface area contributed by atoms with E-state index in [1.165, 1.54) is 6.26 Å². The van der Waals surface area contributed by atoms with E-state index >= 15 is 0 Å². The Labute approximate surface area is 144 Å². The number of aromatic nitrogens is 2. The summed E-state index contributed by atoms with van der Waals surface area (Å²) in [5, 5.41) is 7.25. The molecule has 0 unspecified atom stereocenters. The Balaban J connectivity index is 1.97. The van der Waals surface area contributed by atoms with Crippen LogP contribution in [0.15, 0.2) is 12.4 Å². The largest absolute Gasteiger partial charge is 0.348 e. The Morgan fingerprint density at radius 3 is 2.71 bits per heavy atom. The average Bonchev–Trinajstić information content (AvgIpc) is 3.12. The molecule has 7 nitrogen and oxygen atoms in total. The molecule has 1 saturated heterocycles. The third-order valence-corrected chi connectivity index (χ3v) is 5.41. The first-order valence-corrected chi connectivity index (χ1v) is 10.6. The predicted octanol–water partition coefficient (Wildman–Crippen LogP) is 0.778. The quantitative estimate of drug-likeness (QED) is 0.744. The molecule has 1 fully saturated rings. The molecule has 0 aromatic carbocycles. The maximum atomic E-state index is 12.4. The minimum atomic E-state index is -2.97. The molecule has 24 heavy (non-hydrogen) atoms. The van der Waals surface area contributed by atoms with Gasteiger partial charge in [0.25, 0.3) is 5.91 Å². The molecular formula is C16H28N4O3S. The summed E-state index contributed by atoms with van der Waals surface area (Å²) in [6.07, 6.45) is 6.67. The molecule has 0 aliphatic carbocycles. The van der Waals surface area contributed by atoms with Crippen LogP contribution in [0.4, 0.5) is 0 Å². The molecule has 0 saturated carbocycles. The fraction of sp³-hybridized carbons (Fsp3) is 0.750. The predicted molar refractivity (Wildman–Crippen MR) is 93.7 cm³/mol. The zero-order valence-corrected chi connectivity index (χ0v) is 15.6. The van der Waals surface area contributed by atoms with Crippen molar-refractivity contribution in [1.29, 1.82) is 0 Å². The van der Waals surface area contributed by atoms with Gasteiger partial charge >= 0.3 is 0 Å². The molecule has 2 rings (SSSR count). The molecule has 1 aromatic rings. The lowest BCUT2D eigenvalue weighted by atomic mass is 9.98. The zero-order valence-electron chi connectivity index (χ0n) is 14.7. The van der Waals surface area contributed by atoms with Gasteiger partial charge in [-0.25, -0.2) is 8.42 Å². The number of carbonyl (C=O) groups is 1. The van der Waals surface area contributed by atoms with Crippen LogP contribution in [-0.4, -0.2) is 66.7 Å². The fourth-order valence-electron chi connectivity index (χ4n) is 3.17. The van der Waals surface area contributed by atoms with Crippen LogP contribution < -0.4 is 5.32 Å². The Hall–Kier alpha value is -1.41. The number of hydrogen-bond donors (Lipinski definition) is 1. The van der Waals surface area contributed by atoms with Crippen LogP contribution in [0.1, 0.15) is 37.0 Å². The van der Waals surface area contributed by atoms with E-state index in [9.17, 15) is 13.2 Å². The summed E-state index contributed by atoms with van der Waals surface area (Å²) >= 11 is 0. The van der Waals surface area contributed by atoms with Gasteiger partial charge in [-0.3, -0.25) is 14.4 Å². The summed E-state index contributed by atoms with van der Waals surface area (Å²) in [6.45, 7) is 6.90. The maximum absolute atomic E-state index is 12.4. The van der Waals surface area contributed by atoms with Gasteiger partial charge in [-0.15, -0.1) is 0 Å². The average molecular weight is 356 g/mol. The third kappa shape index (κ3) is 5.31. The van der Waals surface area contributed by atoms with Crippen molar-refractivity contribution >= 4 is 15.7 Å². The Bertz CT molecular complexity index is 656. The van der Waals surface area contributed by atoms with Crippen LogP contribution >= 0.6 is 0 Å². The number of carbonyl (C=O) groups excluding carboxylic acids is 1. The Morgan fingerprint density at radius 2 is 2.12 bits per heavy atom. The van der Waals surface area contributed by atoms with E-state index in [0.29, 0.717) is 24.6 Å². The molecule has 0 radical (unpaired) electrons. The summed E-state index contributed by atoms with van der Waals surface area (Å²) in [6, 6.07) is 0.0574. The van der Waals surface area contributed by atoms with E-state index in [2.05, 4.69) is 22.2 Å². The van der Waals surface area contributed by atoms with Crippen molar-refractivity contribution in [3.8, 4) is 0 Å². The van der Waals surface area contributed by atoms with E-state index in [-0.39, 0.29) is 17.7 Å². The van der Waals surface area contributed by atoms with E-state index in [1.807, 2.05) is 6.92 Å². The number of nitrogens with zero attached hydrogens (tertiary/aromatic N) is 3. The lowest BCUT2D eigenvalue weighted by Crippen LogP contribution is -2.40. The van der Waals surface area contributed by atoms with Crippen molar-refractivity contribution in [2.75, 3.05) is 31.6 Å². The first-order valence-electron chi connectivity index (χ1n) is 8.55. The van der Waals surface area contributed by atoms with E-state index in [0.717, 1.165) is 25.9 Å². The van der Waals surface area contributed by atoms with Crippen LogP contribution in [0, 0.1) is 5.92 Å². The highest BCUT2D eigenvalue weighted by Crippen LogP contribution is 2.22. The number of nitrogens with one attached hydrogen (secondary N) is 1. The summed E-state index contributed by atoms with van der Waals surface area (Å²) in [7, 11) is -2.97. The summed E-state index contributed by atoms with van der Waals surface area (Å²) < 4.78 is 24.5. The molecule has 1 aliphatic rings. The number of aryl methyl sites for hydroxylation is 1. The Kier molecular flexibility index (Phi) is 6.40. The van der Waals surface area contributed by atoms with Crippen molar-refractivity contribution in [2.24, 2.45) is 5.92 Å². The first-order chi connectivity index (χ1) is 11.3. The van der Waals surface area contributed by atoms with Gasteiger partial charge in [-0.2, -0.15) is 5.10 Å². The number of amides is 1. The Morgan fingerprint density at radius 1 is 1.38 bits per heavy atom. The molecule has 1 N–H and O–H groups in total. The molecule has 8 heteroatoms. The normalized spacial score (nSPS) is 22.0. The molecular weight excluding hydrogens is 328 g/mol. The van der Waals surface area contributed by atoms with E-state index in [4.69, 9.17) is 0 Å². The SMILES string of the molecule is CCC[C@@H]1CN(CCS(C)(=O)=O)C[C@H]1NC(=O)c1cnn(CC)c1. The monoisotopic (exact) mass is 356 g/mol. The summed E-state index contributed by atoms with van der Waals surface area (Å²) in [4.78, 5) is 14.6. The van der Waals surface area contributed by atoms with E-state index in [1.54, 1.807) is 17.1 Å². The van der Waals surface area contributed by atoms with Gasteiger partial charge in [0.05, 0.1) is 17.5 Å². The lowest BCUT2D eigenvalue weighted by Gasteiger charge is -2.18. The second-order valence-corrected chi connectivity index (χ2v) is 8.86. The molecule has 136 valence electrons. The van der Waals surface area contributed by atoms with Crippen LogP contribution in [0.25, 0.3) is 0 Å². The van der Waals surface area contributed by atoms with Crippen LogP contribution in [0.3, 0.4) is 0 Å². The molecule has 0 spiro atoms. The molecule has 1 aliphatic heterocycles. The molecule has 0 bridgehead atoms. The van der Waals surface area contributed by atoms with Gasteiger partial charge in [0.15, 0.2) is 0 Å². The minimum absolute atomic E-state index is 0.0574. The highest BCUT2D eigenvalue weighted by atomic mass is 32.2. The van der Waals surface area contributed by atoms with Crippen molar-refractivity contribution in [3.05, 3.63) is 18.0 Å². The molecule has 1 amide bonds. The van der Waals surface area contributed by atoms with Gasteiger partial charge in [0.1, 0.15) is 9.84 Å². The zero-order chi connectivity index (χ0) is 17.7. The molecule has 2 heterocycles. The van der Waals surface area contributed by atoms with Crippen molar-refractivity contribution in [2.45, 2.75) is 39.3 Å². The van der Waals surface area contributed by atoms with E-state index < -0.39 is 9.84 Å².